The number of rotatable bonds is 3. The summed E-state index contributed by atoms with van der Waals surface area (Å²) >= 11 is 1.73. The van der Waals surface area contributed by atoms with Crippen molar-refractivity contribution in [2.24, 2.45) is 0 Å². The number of aliphatic hydroxyl groups excluding tert-OH is 1. The summed E-state index contributed by atoms with van der Waals surface area (Å²) in [6.07, 6.45) is 0. The Kier molecular flexibility index (Phi) is 4.60. The third kappa shape index (κ3) is 2.66. The van der Waals surface area contributed by atoms with Gasteiger partial charge in [-0.1, -0.05) is 0 Å². The second-order valence-corrected chi connectivity index (χ2v) is 3.28. The first-order chi connectivity index (χ1) is 7.63. The number of nitriles is 1. The van der Waals surface area contributed by atoms with Crippen molar-refractivity contribution in [1.29, 1.82) is 10.7 Å². The molecule has 0 fully saturated rings. The number of hydrogen-bond acceptors (Lipinski definition) is 4. The molecule has 0 aliphatic rings. The van der Waals surface area contributed by atoms with Crippen LogP contribution in [0, 0.1) is 22.6 Å². The molecule has 16 heavy (non-hydrogen) atoms. The van der Waals surface area contributed by atoms with Gasteiger partial charge in [0.2, 0.25) is 0 Å². The van der Waals surface area contributed by atoms with E-state index < -0.39 is 12.4 Å². The van der Waals surface area contributed by atoms with Gasteiger partial charge >= 0.3 is 0 Å². The van der Waals surface area contributed by atoms with E-state index in [1.165, 1.54) is 6.07 Å². The molecule has 0 spiro atoms. The van der Waals surface area contributed by atoms with Gasteiger partial charge in [-0.2, -0.15) is 8.90 Å². The maximum Gasteiger partial charge on any atom is 0.142 e. The number of benzene rings is 1. The highest BCUT2D eigenvalue weighted by atomic mass is 127. The lowest BCUT2D eigenvalue weighted by Gasteiger charge is -2.22. The summed E-state index contributed by atoms with van der Waals surface area (Å²) < 4.78 is 15.6. The quantitative estimate of drug-likeness (QED) is 0.256. The van der Waals surface area contributed by atoms with E-state index in [4.69, 9.17) is 15.8 Å². The van der Waals surface area contributed by atoms with Gasteiger partial charge in [0.05, 0.1) is 11.3 Å². The van der Waals surface area contributed by atoms with Gasteiger partial charge < -0.3 is 5.11 Å². The van der Waals surface area contributed by atoms with Gasteiger partial charge in [-0.15, -0.1) is 0 Å². The van der Waals surface area contributed by atoms with Crippen LogP contribution in [0.25, 0.3) is 0 Å². The zero-order valence-corrected chi connectivity index (χ0v) is 10.2. The standard InChI is InChI=1S/C9H8FIN4O/c10-7-2-1-6(4-12)8(3-7)15(14-11)9(13)5-16/h1-3,13-14,16H,5H2. The van der Waals surface area contributed by atoms with E-state index in [2.05, 4.69) is 3.64 Å². The van der Waals surface area contributed by atoms with Crippen LogP contribution in [0.5, 0.6) is 0 Å². The van der Waals surface area contributed by atoms with Crippen LogP contribution in [0.2, 0.25) is 0 Å². The van der Waals surface area contributed by atoms with Crippen molar-refractivity contribution in [2.45, 2.75) is 0 Å². The van der Waals surface area contributed by atoms with E-state index in [9.17, 15) is 4.39 Å². The molecule has 0 aromatic heterocycles. The molecular weight excluding hydrogens is 326 g/mol. The largest absolute Gasteiger partial charge is 0.388 e. The summed E-state index contributed by atoms with van der Waals surface area (Å²) in [5.41, 5.74) is 0.403. The van der Waals surface area contributed by atoms with Gasteiger partial charge in [0.25, 0.3) is 0 Å². The molecule has 5 nitrogen and oxygen atoms in total. The Morgan fingerprint density at radius 1 is 1.69 bits per heavy atom. The summed E-state index contributed by atoms with van der Waals surface area (Å²) in [7, 11) is 0. The first-order valence-corrected chi connectivity index (χ1v) is 5.26. The topological polar surface area (TPSA) is 83.1 Å². The number of halogens is 2. The van der Waals surface area contributed by atoms with E-state index in [-0.39, 0.29) is 17.1 Å². The fourth-order valence-corrected chi connectivity index (χ4v) is 1.65. The number of nitrogens with one attached hydrogen (secondary N) is 2. The first kappa shape index (κ1) is 12.8. The monoisotopic (exact) mass is 334 g/mol. The number of hydrogen-bond donors (Lipinski definition) is 3. The van der Waals surface area contributed by atoms with Crippen molar-refractivity contribution in [3.63, 3.8) is 0 Å². The third-order valence-electron chi connectivity index (χ3n) is 1.83. The average Bonchev–Trinajstić information content (AvgIpc) is 2.30. The molecule has 84 valence electrons. The average molecular weight is 334 g/mol. The molecule has 1 aromatic rings. The summed E-state index contributed by atoms with van der Waals surface area (Å²) in [5.74, 6) is -0.701. The molecule has 0 saturated carbocycles. The van der Waals surface area contributed by atoms with E-state index in [1.807, 2.05) is 6.07 Å². The van der Waals surface area contributed by atoms with Gasteiger partial charge in [-0.3, -0.25) is 10.4 Å². The second kappa shape index (κ2) is 5.74. The maximum absolute atomic E-state index is 13.0. The zero-order chi connectivity index (χ0) is 12.1. The van der Waals surface area contributed by atoms with Gasteiger partial charge in [-0.25, -0.2) is 4.39 Å². The number of aliphatic hydroxyl groups is 1. The molecule has 0 heterocycles. The molecule has 0 radical (unpaired) electrons. The summed E-state index contributed by atoms with van der Waals surface area (Å²) in [6, 6.07) is 5.48. The fraction of sp³-hybridized carbons (Fsp3) is 0.111. The Hall–Kier alpha value is -1.24. The molecular formula is C9H8FIN4O. The molecule has 7 heteroatoms. The lowest BCUT2D eigenvalue weighted by molar-refractivity contribution is 0.354. The summed E-state index contributed by atoms with van der Waals surface area (Å²) in [5, 5.41) is 26.3. The van der Waals surface area contributed by atoms with E-state index in [1.54, 1.807) is 22.9 Å². The molecule has 1 aromatic carbocycles. The Balaban J connectivity index is 3.23. The van der Waals surface area contributed by atoms with Crippen LogP contribution in [0.3, 0.4) is 0 Å². The van der Waals surface area contributed by atoms with Crippen LogP contribution in [0.4, 0.5) is 10.1 Å². The highest BCUT2D eigenvalue weighted by Gasteiger charge is 2.15. The Labute approximate surface area is 105 Å². The number of amidine groups is 1. The molecule has 0 bridgehead atoms. The maximum atomic E-state index is 13.0. The normalized spacial score (nSPS) is 9.62. The minimum absolute atomic E-state index is 0.184. The highest BCUT2D eigenvalue weighted by molar-refractivity contribution is 14.1. The lowest BCUT2D eigenvalue weighted by atomic mass is 10.2. The van der Waals surface area contributed by atoms with Crippen LogP contribution in [0.1, 0.15) is 5.56 Å². The number of nitrogens with zero attached hydrogens (tertiary/aromatic N) is 2. The Morgan fingerprint density at radius 3 is 2.88 bits per heavy atom. The summed E-state index contributed by atoms with van der Waals surface area (Å²) in [6.45, 7) is -0.516. The predicted octanol–water partition coefficient (Wildman–Crippen LogP) is 1.33. The predicted molar refractivity (Wildman–Crippen MR) is 65.6 cm³/mol. The van der Waals surface area contributed by atoms with E-state index in [0.29, 0.717) is 0 Å². The minimum atomic E-state index is -0.517. The van der Waals surface area contributed by atoms with Crippen LogP contribution in [-0.4, -0.2) is 17.5 Å². The minimum Gasteiger partial charge on any atom is -0.388 e. The van der Waals surface area contributed by atoms with E-state index in [0.717, 1.165) is 17.1 Å². The molecule has 3 N–H and O–H groups in total. The lowest BCUT2D eigenvalue weighted by Crippen LogP contribution is -2.39. The molecule has 0 unspecified atom stereocenters. The number of anilines is 1. The Bertz CT molecular complexity index is 446. The zero-order valence-electron chi connectivity index (χ0n) is 8.04. The highest BCUT2D eigenvalue weighted by Crippen LogP contribution is 2.20. The van der Waals surface area contributed by atoms with Crippen molar-refractivity contribution < 1.29 is 9.50 Å². The van der Waals surface area contributed by atoms with Crippen molar-refractivity contribution >= 4 is 34.4 Å². The van der Waals surface area contributed by atoms with Gasteiger partial charge in [0.1, 0.15) is 24.3 Å². The van der Waals surface area contributed by atoms with Gasteiger partial charge in [0, 0.05) is 28.9 Å². The van der Waals surface area contributed by atoms with Gasteiger partial charge in [0.15, 0.2) is 0 Å². The van der Waals surface area contributed by atoms with Crippen LogP contribution < -0.4 is 8.65 Å². The van der Waals surface area contributed by atoms with Crippen LogP contribution in [0.15, 0.2) is 18.2 Å². The number of hydrazine groups is 1. The molecule has 0 amide bonds. The third-order valence-corrected chi connectivity index (χ3v) is 2.31. The first-order valence-electron chi connectivity index (χ1n) is 4.18. The Morgan fingerprint density at radius 2 is 2.38 bits per heavy atom. The molecule has 1 rings (SSSR count). The van der Waals surface area contributed by atoms with Crippen molar-refractivity contribution in [3.05, 3.63) is 29.6 Å². The molecule has 0 aliphatic carbocycles. The van der Waals surface area contributed by atoms with Crippen molar-refractivity contribution in [3.8, 4) is 6.07 Å². The van der Waals surface area contributed by atoms with E-state index >= 15 is 0 Å². The van der Waals surface area contributed by atoms with Crippen LogP contribution in [-0.2, 0) is 0 Å². The van der Waals surface area contributed by atoms with Crippen molar-refractivity contribution in [2.75, 3.05) is 11.6 Å². The molecule has 0 saturated heterocycles. The fourth-order valence-electron chi connectivity index (χ4n) is 1.10. The smallest absolute Gasteiger partial charge is 0.142 e. The second-order valence-electron chi connectivity index (χ2n) is 2.80. The van der Waals surface area contributed by atoms with Crippen molar-refractivity contribution in [1.82, 2.24) is 3.64 Å². The molecule has 0 atom stereocenters. The van der Waals surface area contributed by atoms with Crippen LogP contribution >= 0.6 is 22.9 Å². The SMILES string of the molecule is N#Cc1ccc(F)cc1N(NI)C(=N)CO. The summed E-state index contributed by atoms with van der Waals surface area (Å²) in [4.78, 5) is 0. The molecule has 0 aliphatic heterocycles. The van der Waals surface area contributed by atoms with Gasteiger partial charge in [-0.05, 0) is 12.1 Å².